The quantitative estimate of drug-likeness (QED) is 0.711. The number of nitrogens with one attached hydrogen (secondary N) is 1. The van der Waals surface area contributed by atoms with Crippen molar-refractivity contribution in [1.29, 1.82) is 0 Å². The number of carbonyl (C=O) groups is 2. The first-order valence-corrected chi connectivity index (χ1v) is 9.11. The van der Waals surface area contributed by atoms with E-state index in [9.17, 15) is 18.0 Å². The van der Waals surface area contributed by atoms with E-state index in [0.717, 1.165) is 17.1 Å². The van der Waals surface area contributed by atoms with Gasteiger partial charge in [0.1, 0.15) is 0 Å². The zero-order valence-electron chi connectivity index (χ0n) is 14.4. The largest absolute Gasteiger partial charge is 0.452 e. The third-order valence-corrected chi connectivity index (χ3v) is 5.16. The summed E-state index contributed by atoms with van der Waals surface area (Å²) >= 11 is 0. The topological polar surface area (TPSA) is 92.8 Å². The van der Waals surface area contributed by atoms with E-state index in [2.05, 4.69) is 5.32 Å². The van der Waals surface area contributed by atoms with E-state index >= 15 is 0 Å². The van der Waals surface area contributed by atoms with Gasteiger partial charge in [-0.25, -0.2) is 17.5 Å². The number of hydrogen-bond acceptors (Lipinski definition) is 5. The molecule has 7 nitrogen and oxygen atoms in total. The van der Waals surface area contributed by atoms with Gasteiger partial charge in [0.15, 0.2) is 6.61 Å². The van der Waals surface area contributed by atoms with Crippen molar-refractivity contribution in [2.75, 3.05) is 20.7 Å². The minimum Gasteiger partial charge on any atom is -0.452 e. The van der Waals surface area contributed by atoms with E-state index in [-0.39, 0.29) is 29.0 Å². The van der Waals surface area contributed by atoms with Crippen LogP contribution < -0.4 is 5.32 Å². The molecule has 8 heteroatoms. The lowest BCUT2D eigenvalue weighted by atomic mass is 10.2. The van der Waals surface area contributed by atoms with Gasteiger partial charge in [0.25, 0.3) is 5.91 Å². The van der Waals surface area contributed by atoms with Crippen molar-refractivity contribution in [3.8, 4) is 0 Å². The van der Waals surface area contributed by atoms with Crippen LogP contribution in [-0.2, 0) is 19.6 Å². The fourth-order valence-electron chi connectivity index (χ4n) is 2.01. The number of ether oxygens (including phenoxy) is 1. The fraction of sp³-hybridized carbons (Fsp3) is 0.500. The minimum atomic E-state index is -3.55. The van der Waals surface area contributed by atoms with Crippen LogP contribution >= 0.6 is 0 Å². The summed E-state index contributed by atoms with van der Waals surface area (Å²) in [5.74, 6) is -1.04. The Labute approximate surface area is 143 Å². The van der Waals surface area contributed by atoms with Gasteiger partial charge in [-0.2, -0.15) is 0 Å². The van der Waals surface area contributed by atoms with Gasteiger partial charge in [-0.3, -0.25) is 4.79 Å². The van der Waals surface area contributed by atoms with Crippen LogP contribution in [0.5, 0.6) is 0 Å². The molecule has 0 aliphatic heterocycles. The Morgan fingerprint density at radius 1 is 1.21 bits per heavy atom. The Hall–Kier alpha value is -1.93. The number of rotatable bonds is 8. The molecule has 1 atom stereocenters. The third kappa shape index (κ3) is 5.61. The van der Waals surface area contributed by atoms with Gasteiger partial charge in [-0.1, -0.05) is 13.3 Å². The second-order valence-electron chi connectivity index (χ2n) is 5.65. The highest BCUT2D eigenvalue weighted by Crippen LogP contribution is 2.14. The molecule has 0 fully saturated rings. The van der Waals surface area contributed by atoms with Gasteiger partial charge >= 0.3 is 5.97 Å². The Balaban J connectivity index is 2.62. The maximum absolute atomic E-state index is 11.9. The monoisotopic (exact) mass is 356 g/mol. The Morgan fingerprint density at radius 3 is 2.29 bits per heavy atom. The Bertz CT molecular complexity index is 668. The highest BCUT2D eigenvalue weighted by Gasteiger charge is 2.18. The van der Waals surface area contributed by atoms with E-state index in [1.54, 1.807) is 0 Å². The van der Waals surface area contributed by atoms with Gasteiger partial charge in [0.2, 0.25) is 10.0 Å². The Kier molecular flexibility index (Phi) is 7.37. The molecule has 1 amide bonds. The van der Waals surface area contributed by atoms with Gasteiger partial charge in [0.05, 0.1) is 10.5 Å². The third-order valence-electron chi connectivity index (χ3n) is 3.33. The van der Waals surface area contributed by atoms with Crippen LogP contribution in [-0.4, -0.2) is 51.3 Å². The summed E-state index contributed by atoms with van der Waals surface area (Å²) in [6.07, 6.45) is 1.80. The molecule has 0 saturated carbocycles. The van der Waals surface area contributed by atoms with E-state index in [0.29, 0.717) is 0 Å². The number of nitrogens with zero attached hydrogens (tertiary/aromatic N) is 1. The normalized spacial score (nSPS) is 12.7. The van der Waals surface area contributed by atoms with Crippen molar-refractivity contribution in [3.05, 3.63) is 29.8 Å². The number of hydrogen-bond donors (Lipinski definition) is 1. The molecule has 0 aliphatic carbocycles. The molecule has 1 aromatic rings. The van der Waals surface area contributed by atoms with Crippen molar-refractivity contribution in [3.63, 3.8) is 0 Å². The number of amides is 1. The van der Waals surface area contributed by atoms with Crippen molar-refractivity contribution in [2.24, 2.45) is 0 Å². The van der Waals surface area contributed by atoms with E-state index in [4.69, 9.17) is 4.74 Å². The second-order valence-corrected chi connectivity index (χ2v) is 7.80. The number of carbonyl (C=O) groups excluding carboxylic acids is 2. The van der Waals surface area contributed by atoms with Gasteiger partial charge in [-0.05, 0) is 37.6 Å². The molecule has 134 valence electrons. The van der Waals surface area contributed by atoms with Gasteiger partial charge in [0, 0.05) is 20.1 Å². The maximum atomic E-state index is 11.9. The lowest BCUT2D eigenvalue weighted by Crippen LogP contribution is -2.35. The first kappa shape index (κ1) is 20.1. The minimum absolute atomic E-state index is 0.0247. The maximum Gasteiger partial charge on any atom is 0.338 e. The molecular formula is C16H24N2O5S. The van der Waals surface area contributed by atoms with Crippen molar-refractivity contribution in [2.45, 2.75) is 37.6 Å². The summed E-state index contributed by atoms with van der Waals surface area (Å²) in [7, 11) is -0.694. The number of benzene rings is 1. The first-order chi connectivity index (χ1) is 11.2. The van der Waals surface area contributed by atoms with Gasteiger partial charge < -0.3 is 10.1 Å². The molecule has 0 aromatic heterocycles. The van der Waals surface area contributed by atoms with E-state index < -0.39 is 16.0 Å². The molecule has 24 heavy (non-hydrogen) atoms. The smallest absolute Gasteiger partial charge is 0.338 e. The highest BCUT2D eigenvalue weighted by atomic mass is 32.2. The number of esters is 1. The summed E-state index contributed by atoms with van der Waals surface area (Å²) in [5, 5.41) is 2.73. The predicted octanol–water partition coefficient (Wildman–Crippen LogP) is 1.40. The van der Waals surface area contributed by atoms with Crippen molar-refractivity contribution in [1.82, 2.24) is 9.62 Å². The SMILES string of the molecule is CCC[C@H](C)NC(=O)COC(=O)c1ccc(S(=O)(=O)N(C)C)cc1. The molecule has 0 spiro atoms. The molecule has 1 rings (SSSR count). The molecule has 0 unspecified atom stereocenters. The van der Waals surface area contributed by atoms with Crippen LogP contribution in [0.25, 0.3) is 0 Å². The van der Waals surface area contributed by atoms with Crippen LogP contribution in [0.15, 0.2) is 29.2 Å². The lowest BCUT2D eigenvalue weighted by molar-refractivity contribution is -0.124. The second kappa shape index (κ2) is 8.79. The van der Waals surface area contributed by atoms with E-state index in [1.165, 1.54) is 38.4 Å². The van der Waals surface area contributed by atoms with Gasteiger partial charge in [-0.15, -0.1) is 0 Å². The molecule has 1 aromatic carbocycles. The van der Waals surface area contributed by atoms with Crippen molar-refractivity contribution < 1.29 is 22.7 Å². The zero-order chi connectivity index (χ0) is 18.3. The summed E-state index contributed by atoms with van der Waals surface area (Å²) in [6.45, 7) is 3.53. The van der Waals surface area contributed by atoms with Crippen LogP contribution in [0.2, 0.25) is 0 Å². The molecular weight excluding hydrogens is 332 g/mol. The predicted molar refractivity (Wildman–Crippen MR) is 90.1 cm³/mol. The molecule has 0 saturated heterocycles. The summed E-state index contributed by atoms with van der Waals surface area (Å²) < 4.78 is 29.9. The highest BCUT2D eigenvalue weighted by molar-refractivity contribution is 7.89. The average molecular weight is 356 g/mol. The molecule has 0 bridgehead atoms. The fourth-order valence-corrected chi connectivity index (χ4v) is 2.91. The zero-order valence-corrected chi connectivity index (χ0v) is 15.2. The van der Waals surface area contributed by atoms with Crippen LogP contribution in [0.1, 0.15) is 37.0 Å². The average Bonchev–Trinajstić information content (AvgIpc) is 2.52. The Morgan fingerprint density at radius 2 is 1.79 bits per heavy atom. The summed E-state index contributed by atoms with van der Waals surface area (Å²) in [6, 6.07) is 5.40. The van der Waals surface area contributed by atoms with Crippen molar-refractivity contribution >= 4 is 21.9 Å². The number of sulfonamides is 1. The molecule has 0 aliphatic rings. The standard InChI is InChI=1S/C16H24N2O5S/c1-5-6-12(2)17-15(19)11-23-16(20)13-7-9-14(10-8-13)24(21,22)18(3)4/h7-10,12H,5-6,11H2,1-4H3,(H,17,19)/t12-/m0/s1. The van der Waals surface area contributed by atoms with Crippen LogP contribution in [0.3, 0.4) is 0 Å². The summed E-state index contributed by atoms with van der Waals surface area (Å²) in [5.41, 5.74) is 0.183. The van der Waals surface area contributed by atoms with Crippen LogP contribution in [0.4, 0.5) is 0 Å². The molecule has 0 radical (unpaired) electrons. The van der Waals surface area contributed by atoms with Crippen LogP contribution in [0, 0.1) is 0 Å². The summed E-state index contributed by atoms with van der Waals surface area (Å²) in [4.78, 5) is 23.6. The van der Waals surface area contributed by atoms with E-state index in [1.807, 2.05) is 13.8 Å². The lowest BCUT2D eigenvalue weighted by Gasteiger charge is -2.13. The molecule has 1 N–H and O–H groups in total. The first-order valence-electron chi connectivity index (χ1n) is 7.67. The molecule has 0 heterocycles.